The Bertz CT molecular complexity index is 569. The quantitative estimate of drug-likeness (QED) is 0.895. The van der Waals surface area contributed by atoms with Crippen molar-refractivity contribution >= 4 is 16.8 Å². The first-order valence-electron chi connectivity index (χ1n) is 6.95. The zero-order valence-corrected chi connectivity index (χ0v) is 11.7. The first-order valence-corrected chi connectivity index (χ1v) is 6.95. The van der Waals surface area contributed by atoms with E-state index < -0.39 is 0 Å². The highest BCUT2D eigenvalue weighted by Crippen LogP contribution is 2.23. The van der Waals surface area contributed by atoms with Crippen LogP contribution in [0.25, 0.3) is 10.9 Å². The molecule has 2 N–H and O–H groups in total. The maximum Gasteiger partial charge on any atom is 0.231 e. The van der Waals surface area contributed by atoms with E-state index in [1.54, 1.807) is 4.57 Å². The molecule has 0 bridgehead atoms. The normalized spacial score (nSPS) is 11.4. The number of carbonyl (C=O) groups is 1. The Morgan fingerprint density at radius 3 is 2.74 bits per heavy atom. The van der Waals surface area contributed by atoms with E-state index in [-0.39, 0.29) is 5.91 Å². The Balaban J connectivity index is 2.40. The van der Waals surface area contributed by atoms with E-state index in [1.807, 2.05) is 24.4 Å². The van der Waals surface area contributed by atoms with Crippen molar-refractivity contribution < 1.29 is 4.79 Å². The molecule has 0 aliphatic carbocycles. The summed E-state index contributed by atoms with van der Waals surface area (Å²) in [5, 5.41) is 1.17. The van der Waals surface area contributed by atoms with E-state index in [4.69, 9.17) is 5.73 Å². The number of benzene rings is 1. The van der Waals surface area contributed by atoms with Crippen molar-refractivity contribution in [3.63, 3.8) is 0 Å². The number of nitrogens with two attached hydrogens (primary N) is 1. The second-order valence-corrected chi connectivity index (χ2v) is 5.43. The lowest BCUT2D eigenvalue weighted by Gasteiger charge is -2.06. The fourth-order valence-electron chi connectivity index (χ4n) is 2.40. The van der Waals surface area contributed by atoms with Crippen LogP contribution in [-0.4, -0.2) is 17.0 Å². The van der Waals surface area contributed by atoms with Gasteiger partial charge in [0.05, 0.1) is 5.52 Å². The van der Waals surface area contributed by atoms with Gasteiger partial charge in [-0.15, -0.1) is 0 Å². The van der Waals surface area contributed by atoms with Crippen molar-refractivity contribution in [2.75, 3.05) is 6.54 Å². The number of hydrogen-bond acceptors (Lipinski definition) is 2. The molecule has 1 aromatic carbocycles. The van der Waals surface area contributed by atoms with Crippen LogP contribution >= 0.6 is 0 Å². The fraction of sp³-hybridized carbons (Fsp3) is 0.438. The number of hydrogen-bond donors (Lipinski definition) is 1. The zero-order chi connectivity index (χ0) is 13.8. The smallest absolute Gasteiger partial charge is 0.231 e. The molecule has 0 fully saturated rings. The molecular formula is C16H22N2O. The number of nitrogens with zero attached hydrogens (tertiary/aromatic N) is 1. The van der Waals surface area contributed by atoms with Crippen LogP contribution < -0.4 is 5.73 Å². The number of aromatic nitrogens is 1. The van der Waals surface area contributed by atoms with E-state index in [9.17, 15) is 4.79 Å². The van der Waals surface area contributed by atoms with E-state index in [0.717, 1.165) is 18.4 Å². The van der Waals surface area contributed by atoms with Crippen molar-refractivity contribution in [3.05, 3.63) is 36.0 Å². The van der Waals surface area contributed by atoms with E-state index >= 15 is 0 Å². The molecule has 3 heteroatoms. The van der Waals surface area contributed by atoms with Gasteiger partial charge in [0.25, 0.3) is 0 Å². The topological polar surface area (TPSA) is 48.0 Å². The lowest BCUT2D eigenvalue weighted by molar-refractivity contribution is 0.0892. The van der Waals surface area contributed by atoms with Gasteiger partial charge in [-0.2, -0.15) is 0 Å². The molecule has 0 atom stereocenters. The summed E-state index contributed by atoms with van der Waals surface area (Å²) in [6.45, 7) is 4.82. The Labute approximate surface area is 114 Å². The minimum absolute atomic E-state index is 0.171. The summed E-state index contributed by atoms with van der Waals surface area (Å²) in [5.41, 5.74) is 7.81. The predicted octanol–water partition coefficient (Wildman–Crippen LogP) is 3.22. The summed E-state index contributed by atoms with van der Waals surface area (Å²) in [6, 6.07) is 8.10. The number of rotatable bonds is 5. The van der Waals surface area contributed by atoms with Crippen molar-refractivity contribution in [2.45, 2.75) is 33.1 Å². The molecule has 3 nitrogen and oxygen atoms in total. The number of aryl methyl sites for hydroxylation is 1. The summed E-state index contributed by atoms with van der Waals surface area (Å²) >= 11 is 0. The Morgan fingerprint density at radius 1 is 1.32 bits per heavy atom. The number of para-hydroxylation sites is 1. The highest BCUT2D eigenvalue weighted by atomic mass is 16.2. The summed E-state index contributed by atoms with van der Waals surface area (Å²) in [4.78, 5) is 12.3. The maximum absolute atomic E-state index is 12.3. The third kappa shape index (κ3) is 3.04. The second kappa shape index (κ2) is 6.02. The van der Waals surface area contributed by atoms with Gasteiger partial charge in [-0.25, -0.2) is 0 Å². The summed E-state index contributed by atoms with van der Waals surface area (Å²) in [5.74, 6) is 0.548. The molecule has 1 aromatic heterocycles. The van der Waals surface area contributed by atoms with Crippen LogP contribution in [-0.2, 0) is 6.42 Å². The highest BCUT2D eigenvalue weighted by Gasteiger charge is 2.13. The lowest BCUT2D eigenvalue weighted by atomic mass is 10.1. The van der Waals surface area contributed by atoms with Crippen LogP contribution in [0.5, 0.6) is 0 Å². The van der Waals surface area contributed by atoms with Gasteiger partial charge in [-0.3, -0.25) is 9.36 Å². The molecule has 1 heterocycles. The molecule has 2 aromatic rings. The standard InChI is InChI=1S/C16H22N2O/c1-12(2)10-16(19)18-11-13(6-5-9-17)14-7-3-4-8-15(14)18/h3-4,7-8,11-12H,5-6,9-10,17H2,1-2H3. The molecule has 0 saturated carbocycles. The average molecular weight is 258 g/mol. The molecule has 0 spiro atoms. The average Bonchev–Trinajstić information content (AvgIpc) is 2.74. The third-order valence-electron chi connectivity index (χ3n) is 3.30. The van der Waals surface area contributed by atoms with Crippen molar-refractivity contribution in [1.29, 1.82) is 0 Å². The van der Waals surface area contributed by atoms with Gasteiger partial charge in [0, 0.05) is 18.0 Å². The zero-order valence-electron chi connectivity index (χ0n) is 11.7. The summed E-state index contributed by atoms with van der Waals surface area (Å²) in [7, 11) is 0. The molecule has 19 heavy (non-hydrogen) atoms. The van der Waals surface area contributed by atoms with Crippen LogP contribution in [0.15, 0.2) is 30.5 Å². The molecule has 102 valence electrons. The lowest BCUT2D eigenvalue weighted by Crippen LogP contribution is -2.11. The molecule has 0 unspecified atom stereocenters. The third-order valence-corrected chi connectivity index (χ3v) is 3.30. The molecular weight excluding hydrogens is 236 g/mol. The van der Waals surface area contributed by atoms with E-state index in [2.05, 4.69) is 19.9 Å². The van der Waals surface area contributed by atoms with Gasteiger partial charge < -0.3 is 5.73 Å². The van der Waals surface area contributed by atoms with Gasteiger partial charge >= 0.3 is 0 Å². The van der Waals surface area contributed by atoms with Crippen LogP contribution in [0.2, 0.25) is 0 Å². The van der Waals surface area contributed by atoms with Crippen molar-refractivity contribution in [2.24, 2.45) is 11.7 Å². The number of fused-ring (bicyclic) bond motifs is 1. The van der Waals surface area contributed by atoms with Crippen molar-refractivity contribution in [3.8, 4) is 0 Å². The monoisotopic (exact) mass is 258 g/mol. The Kier molecular flexibility index (Phi) is 4.38. The molecule has 0 saturated heterocycles. The molecule has 2 rings (SSSR count). The van der Waals surface area contributed by atoms with Crippen LogP contribution in [0.3, 0.4) is 0 Å². The molecule has 0 radical (unpaired) electrons. The van der Waals surface area contributed by atoms with Crippen molar-refractivity contribution in [1.82, 2.24) is 4.57 Å². The SMILES string of the molecule is CC(C)CC(=O)n1cc(CCCN)c2ccccc21. The minimum atomic E-state index is 0.171. The van der Waals surface area contributed by atoms with Gasteiger partial charge in [0.1, 0.15) is 0 Å². The van der Waals surface area contributed by atoms with Gasteiger partial charge in [0.15, 0.2) is 0 Å². The van der Waals surface area contributed by atoms with Gasteiger partial charge in [0.2, 0.25) is 5.91 Å². The summed E-state index contributed by atoms with van der Waals surface area (Å²) in [6.07, 6.45) is 4.45. The van der Waals surface area contributed by atoms with Gasteiger partial charge in [-0.1, -0.05) is 32.0 Å². The van der Waals surface area contributed by atoms with Crippen LogP contribution in [0, 0.1) is 5.92 Å². The van der Waals surface area contributed by atoms with Gasteiger partial charge in [-0.05, 0) is 36.9 Å². The largest absolute Gasteiger partial charge is 0.330 e. The first kappa shape index (κ1) is 13.8. The molecule has 0 amide bonds. The first-order chi connectivity index (χ1) is 9.13. The predicted molar refractivity (Wildman–Crippen MR) is 79.4 cm³/mol. The summed E-state index contributed by atoms with van der Waals surface area (Å²) < 4.78 is 1.81. The highest BCUT2D eigenvalue weighted by molar-refractivity contribution is 5.94. The van der Waals surface area contributed by atoms with E-state index in [1.165, 1.54) is 10.9 Å². The molecule has 0 aliphatic heterocycles. The van der Waals surface area contributed by atoms with E-state index in [0.29, 0.717) is 18.9 Å². The maximum atomic E-state index is 12.3. The fourth-order valence-corrected chi connectivity index (χ4v) is 2.40. The van der Waals surface area contributed by atoms with Crippen LogP contribution in [0.1, 0.15) is 37.0 Å². The Morgan fingerprint density at radius 2 is 2.05 bits per heavy atom. The van der Waals surface area contributed by atoms with Crippen LogP contribution in [0.4, 0.5) is 0 Å². The second-order valence-electron chi connectivity index (χ2n) is 5.43. The minimum Gasteiger partial charge on any atom is -0.330 e. The Hall–Kier alpha value is -1.61. The molecule has 0 aliphatic rings. The number of carbonyl (C=O) groups excluding carboxylic acids is 1.